The summed E-state index contributed by atoms with van der Waals surface area (Å²) in [5.41, 5.74) is 2.52. The fourth-order valence-electron chi connectivity index (χ4n) is 5.01. The summed E-state index contributed by atoms with van der Waals surface area (Å²) in [5, 5.41) is 15.2. The van der Waals surface area contributed by atoms with Gasteiger partial charge in [-0.1, -0.05) is 11.6 Å². The molecule has 2 aliphatic heterocycles. The maximum atomic E-state index is 12.9. The highest BCUT2D eigenvalue weighted by Gasteiger charge is 2.39. The van der Waals surface area contributed by atoms with Crippen molar-refractivity contribution in [2.75, 3.05) is 29.1 Å². The number of furan rings is 1. The molecule has 0 unspecified atom stereocenters. The Balaban J connectivity index is 1.38. The van der Waals surface area contributed by atoms with Crippen LogP contribution in [-0.2, 0) is 30.2 Å². The highest BCUT2D eigenvalue weighted by atomic mass is 35.5. The molecule has 1 fully saturated rings. The van der Waals surface area contributed by atoms with Crippen LogP contribution < -0.4 is 10.2 Å². The number of aromatic nitrogens is 2. The molecule has 7 nitrogen and oxygen atoms in total. The molecule has 0 bridgehead atoms. The number of nitrogens with zero attached hydrogens (tertiary/aromatic N) is 3. The minimum absolute atomic E-state index is 0.0440. The molecule has 168 valence electrons. The summed E-state index contributed by atoms with van der Waals surface area (Å²) in [4.78, 5) is 12.5. The van der Waals surface area contributed by atoms with E-state index >= 15 is 0 Å². The summed E-state index contributed by atoms with van der Waals surface area (Å²) in [5.74, 6) is 2.80. The average Bonchev–Trinajstić information content (AvgIpc) is 3.12. The summed E-state index contributed by atoms with van der Waals surface area (Å²) in [6.45, 7) is 1.40. The number of hydrogen-bond donors (Lipinski definition) is 2. The predicted octanol–water partition coefficient (Wildman–Crippen LogP) is 3.82. The summed E-state index contributed by atoms with van der Waals surface area (Å²) in [7, 11) is -1.12. The van der Waals surface area contributed by atoms with Crippen LogP contribution in [0.1, 0.15) is 42.7 Å². The van der Waals surface area contributed by atoms with Gasteiger partial charge in [-0.15, -0.1) is 0 Å². The van der Waals surface area contributed by atoms with E-state index < -0.39 is 10.8 Å². The van der Waals surface area contributed by atoms with Gasteiger partial charge >= 0.3 is 0 Å². The summed E-state index contributed by atoms with van der Waals surface area (Å²) in [6.07, 6.45) is 5.33. The Labute approximate surface area is 193 Å². The molecular formula is C23H25ClN4O3S. The van der Waals surface area contributed by atoms with E-state index in [2.05, 4.69) is 10.2 Å². The molecule has 2 N–H and O–H groups in total. The fourth-order valence-corrected chi connectivity index (χ4v) is 6.51. The van der Waals surface area contributed by atoms with Crippen LogP contribution in [0.2, 0.25) is 5.02 Å². The number of rotatable bonds is 4. The number of nitrogens with one attached hydrogen (secondary N) is 1. The van der Waals surface area contributed by atoms with Gasteiger partial charge in [0.1, 0.15) is 22.1 Å². The van der Waals surface area contributed by atoms with Crippen molar-refractivity contribution in [2.45, 2.75) is 55.5 Å². The Bertz CT molecular complexity index is 1230. The Kier molecular flexibility index (Phi) is 4.93. The summed E-state index contributed by atoms with van der Waals surface area (Å²) >= 11 is 6.14. The first-order valence-corrected chi connectivity index (χ1v) is 12.9. The molecule has 2 aromatic heterocycles. The molecule has 1 atom stereocenters. The zero-order chi connectivity index (χ0) is 21.9. The number of fused-ring (bicyclic) bond motifs is 4. The fraction of sp³-hybridized carbons (Fsp3) is 0.478. The van der Waals surface area contributed by atoms with E-state index in [1.807, 2.05) is 18.2 Å². The highest BCUT2D eigenvalue weighted by molar-refractivity contribution is 7.85. The van der Waals surface area contributed by atoms with Crippen molar-refractivity contribution in [1.29, 1.82) is 0 Å². The third-order valence-corrected chi connectivity index (χ3v) is 8.76. The van der Waals surface area contributed by atoms with E-state index in [0.717, 1.165) is 72.4 Å². The van der Waals surface area contributed by atoms with Gasteiger partial charge < -0.3 is 19.7 Å². The van der Waals surface area contributed by atoms with E-state index in [0.29, 0.717) is 29.1 Å². The highest BCUT2D eigenvalue weighted by Crippen LogP contribution is 2.39. The molecule has 6 rings (SSSR count). The second-order valence-electron chi connectivity index (χ2n) is 9.03. The smallest absolute Gasteiger partial charge is 0.228 e. The quantitative estimate of drug-likeness (QED) is 0.596. The van der Waals surface area contributed by atoms with Gasteiger partial charge in [-0.25, -0.2) is 4.98 Å². The maximum Gasteiger partial charge on any atom is 0.228 e. The molecule has 4 heterocycles. The van der Waals surface area contributed by atoms with E-state index in [4.69, 9.17) is 26.0 Å². The molecule has 1 saturated carbocycles. The van der Waals surface area contributed by atoms with Gasteiger partial charge in [0, 0.05) is 34.3 Å². The molecule has 0 spiro atoms. The normalized spacial score (nSPS) is 21.7. The van der Waals surface area contributed by atoms with Crippen LogP contribution >= 0.6 is 11.6 Å². The monoisotopic (exact) mass is 472 g/mol. The van der Waals surface area contributed by atoms with Crippen molar-refractivity contribution in [3.05, 3.63) is 40.2 Å². The first-order chi connectivity index (χ1) is 15.5. The SMILES string of the molecule is O=[S@@]1CCCc2nc(N3CCc4c(oc5cc(Cl)ccc45)C3)nc(NC3(CO)CCC3)c21. The lowest BCUT2D eigenvalue weighted by molar-refractivity contribution is 0.143. The number of hydrogen-bond acceptors (Lipinski definition) is 7. The van der Waals surface area contributed by atoms with E-state index in [1.54, 1.807) is 0 Å². The number of aryl methyl sites for hydroxylation is 1. The molecule has 1 aromatic carbocycles. The van der Waals surface area contributed by atoms with Crippen LogP contribution in [-0.4, -0.2) is 43.7 Å². The van der Waals surface area contributed by atoms with Crippen molar-refractivity contribution in [3.8, 4) is 0 Å². The Hall–Kier alpha value is -2.16. The van der Waals surface area contributed by atoms with Crippen molar-refractivity contribution < 1.29 is 13.7 Å². The molecule has 9 heteroatoms. The topological polar surface area (TPSA) is 91.5 Å². The first kappa shape index (κ1) is 20.4. The van der Waals surface area contributed by atoms with Crippen molar-refractivity contribution in [1.82, 2.24) is 9.97 Å². The Morgan fingerprint density at radius 2 is 2.12 bits per heavy atom. The van der Waals surface area contributed by atoms with Crippen molar-refractivity contribution in [2.24, 2.45) is 0 Å². The Morgan fingerprint density at radius 1 is 1.25 bits per heavy atom. The second-order valence-corrected chi connectivity index (χ2v) is 11.0. The molecular weight excluding hydrogens is 448 g/mol. The van der Waals surface area contributed by atoms with E-state index in [-0.39, 0.29) is 12.1 Å². The molecule has 0 amide bonds. The van der Waals surface area contributed by atoms with Gasteiger partial charge in [-0.3, -0.25) is 4.21 Å². The number of aliphatic hydroxyl groups excluding tert-OH is 1. The number of benzene rings is 1. The predicted molar refractivity (Wildman–Crippen MR) is 125 cm³/mol. The molecule has 1 aliphatic carbocycles. The standard InChI is InChI=1S/C23H25ClN4O3S/c24-14-4-5-15-16-6-9-28(12-19(16)31-18(15)11-14)22-25-17-3-1-10-32(30)20(17)21(26-22)27-23(13-29)7-2-8-23/h4-5,11,29H,1-3,6-10,12-13H2,(H,25,26,27)/t32-/m1/s1. The third-order valence-electron chi connectivity index (χ3n) is 6.98. The van der Waals surface area contributed by atoms with E-state index in [9.17, 15) is 9.32 Å². The minimum Gasteiger partial charge on any atom is -0.459 e. The van der Waals surface area contributed by atoms with Gasteiger partial charge in [0.15, 0.2) is 0 Å². The van der Waals surface area contributed by atoms with Crippen LogP contribution in [0.15, 0.2) is 27.5 Å². The van der Waals surface area contributed by atoms with Crippen molar-refractivity contribution in [3.63, 3.8) is 0 Å². The molecule has 0 radical (unpaired) electrons. The lowest BCUT2D eigenvalue weighted by atomic mass is 9.77. The minimum atomic E-state index is -1.12. The summed E-state index contributed by atoms with van der Waals surface area (Å²) < 4.78 is 19.0. The molecule has 0 saturated heterocycles. The molecule has 32 heavy (non-hydrogen) atoms. The van der Waals surface area contributed by atoms with Crippen molar-refractivity contribution >= 4 is 45.1 Å². The zero-order valence-electron chi connectivity index (χ0n) is 17.7. The lowest BCUT2D eigenvalue weighted by Crippen LogP contribution is -2.49. The zero-order valence-corrected chi connectivity index (χ0v) is 19.3. The van der Waals surface area contributed by atoms with Gasteiger partial charge in [0.2, 0.25) is 5.95 Å². The van der Waals surface area contributed by atoms with Crippen LogP contribution in [0.4, 0.5) is 11.8 Å². The van der Waals surface area contributed by atoms with Gasteiger partial charge in [-0.2, -0.15) is 4.98 Å². The Morgan fingerprint density at radius 3 is 2.91 bits per heavy atom. The van der Waals surface area contributed by atoms with Crippen LogP contribution in [0.5, 0.6) is 0 Å². The van der Waals surface area contributed by atoms with E-state index in [1.165, 1.54) is 5.56 Å². The van der Waals surface area contributed by atoms with Crippen LogP contribution in [0.3, 0.4) is 0 Å². The average molecular weight is 473 g/mol. The van der Waals surface area contributed by atoms with Gasteiger partial charge in [0.25, 0.3) is 0 Å². The van der Waals surface area contributed by atoms with Crippen LogP contribution in [0.25, 0.3) is 11.0 Å². The number of halogens is 1. The lowest BCUT2D eigenvalue weighted by Gasteiger charge is -2.42. The first-order valence-electron chi connectivity index (χ1n) is 11.2. The van der Waals surface area contributed by atoms with Gasteiger partial charge in [0.05, 0.1) is 35.2 Å². The van der Waals surface area contributed by atoms with Gasteiger partial charge in [-0.05, 0) is 50.7 Å². The largest absolute Gasteiger partial charge is 0.459 e. The molecule has 3 aliphatic rings. The maximum absolute atomic E-state index is 12.9. The van der Waals surface area contributed by atoms with Crippen LogP contribution in [0, 0.1) is 0 Å². The second kappa shape index (κ2) is 7.71. The third kappa shape index (κ3) is 3.31. The number of aliphatic hydroxyl groups is 1. The number of anilines is 2. The molecule has 3 aromatic rings. The summed E-state index contributed by atoms with van der Waals surface area (Å²) in [6, 6.07) is 5.78.